The van der Waals surface area contributed by atoms with E-state index in [0.29, 0.717) is 5.76 Å². The van der Waals surface area contributed by atoms with Crippen molar-refractivity contribution in [2.75, 3.05) is 0 Å². The molecule has 23 heavy (non-hydrogen) atoms. The number of hydrazone groups is 1. The highest BCUT2D eigenvalue weighted by atomic mass is 19.4. The highest BCUT2D eigenvalue weighted by Gasteiger charge is 2.30. The fourth-order valence-corrected chi connectivity index (χ4v) is 1.76. The van der Waals surface area contributed by atoms with Crippen molar-refractivity contribution in [3.8, 4) is 0 Å². The van der Waals surface area contributed by atoms with Gasteiger partial charge in [-0.05, 0) is 35.9 Å². The van der Waals surface area contributed by atoms with Crippen molar-refractivity contribution >= 4 is 18.2 Å². The summed E-state index contributed by atoms with van der Waals surface area (Å²) < 4.78 is 42.8. The van der Waals surface area contributed by atoms with Gasteiger partial charge in [-0.3, -0.25) is 4.79 Å². The Morgan fingerprint density at radius 1 is 1.26 bits per heavy atom. The summed E-state index contributed by atoms with van der Waals surface area (Å²) in [5, 5.41) is 3.66. The number of furan rings is 1. The quantitative estimate of drug-likeness (QED) is 0.675. The summed E-state index contributed by atoms with van der Waals surface area (Å²) in [5.41, 5.74) is 1.71. The fourth-order valence-electron chi connectivity index (χ4n) is 1.76. The molecule has 0 saturated heterocycles. The van der Waals surface area contributed by atoms with E-state index in [9.17, 15) is 18.0 Å². The Morgan fingerprint density at radius 3 is 2.78 bits per heavy atom. The second-order valence-corrected chi connectivity index (χ2v) is 4.56. The molecule has 0 aliphatic rings. The van der Waals surface area contributed by atoms with E-state index in [1.165, 1.54) is 24.6 Å². The van der Waals surface area contributed by atoms with Crippen LogP contribution in [0.4, 0.5) is 13.2 Å². The van der Waals surface area contributed by atoms with Crippen molar-refractivity contribution in [1.82, 2.24) is 5.43 Å². The smallest absolute Gasteiger partial charge is 0.416 e. The molecule has 0 fully saturated rings. The van der Waals surface area contributed by atoms with Crippen LogP contribution in [0.15, 0.2) is 58.3 Å². The first-order chi connectivity index (χ1) is 10.9. The molecule has 7 heteroatoms. The summed E-state index contributed by atoms with van der Waals surface area (Å²) in [6.07, 6.45) is 1.44. The van der Waals surface area contributed by atoms with Gasteiger partial charge in [-0.2, -0.15) is 18.3 Å². The number of nitrogens with zero attached hydrogens (tertiary/aromatic N) is 1. The van der Waals surface area contributed by atoms with Crippen molar-refractivity contribution in [3.05, 3.63) is 65.6 Å². The Morgan fingerprint density at radius 2 is 2.09 bits per heavy atom. The lowest BCUT2D eigenvalue weighted by molar-refractivity contribution is -0.137. The molecule has 0 radical (unpaired) electrons. The lowest BCUT2D eigenvalue weighted by atomic mass is 10.1. The monoisotopic (exact) mass is 322 g/mol. The maximum atomic E-state index is 12.6. The van der Waals surface area contributed by atoms with E-state index < -0.39 is 17.6 Å². The minimum atomic E-state index is -4.43. The van der Waals surface area contributed by atoms with Gasteiger partial charge in [0.05, 0.1) is 18.2 Å². The van der Waals surface area contributed by atoms with Gasteiger partial charge < -0.3 is 4.42 Å². The van der Waals surface area contributed by atoms with Crippen molar-refractivity contribution in [3.63, 3.8) is 0 Å². The molecule has 1 aromatic heterocycles. The Bertz CT molecular complexity index is 704. The molecule has 1 aromatic carbocycles. The SMILES string of the molecule is O=C(Cc1cccc(C(F)(F)F)c1)N/N=C/C=C/c1ccco1. The first-order valence-corrected chi connectivity index (χ1v) is 6.63. The molecule has 2 rings (SSSR count). The summed E-state index contributed by atoms with van der Waals surface area (Å²) in [5.74, 6) is 0.124. The van der Waals surface area contributed by atoms with E-state index in [4.69, 9.17) is 4.42 Å². The van der Waals surface area contributed by atoms with Crippen molar-refractivity contribution < 1.29 is 22.4 Å². The van der Waals surface area contributed by atoms with E-state index in [1.54, 1.807) is 24.3 Å². The third-order valence-electron chi connectivity index (χ3n) is 2.77. The van der Waals surface area contributed by atoms with E-state index >= 15 is 0 Å². The zero-order valence-electron chi connectivity index (χ0n) is 11.9. The first kappa shape index (κ1) is 16.5. The molecule has 2 aromatic rings. The van der Waals surface area contributed by atoms with Crippen molar-refractivity contribution in [1.29, 1.82) is 0 Å². The van der Waals surface area contributed by atoms with Crippen LogP contribution in [0.25, 0.3) is 6.08 Å². The molecule has 0 unspecified atom stereocenters. The van der Waals surface area contributed by atoms with Gasteiger partial charge >= 0.3 is 6.18 Å². The Hall–Kier alpha value is -2.83. The van der Waals surface area contributed by atoms with Gasteiger partial charge in [-0.25, -0.2) is 5.43 Å². The molecular weight excluding hydrogens is 309 g/mol. The van der Waals surface area contributed by atoms with Crippen LogP contribution in [0.5, 0.6) is 0 Å². The molecule has 0 aliphatic carbocycles. The molecule has 0 aliphatic heterocycles. The number of hydrogen-bond acceptors (Lipinski definition) is 3. The molecule has 0 saturated carbocycles. The lowest BCUT2D eigenvalue weighted by Gasteiger charge is -2.08. The highest BCUT2D eigenvalue weighted by Crippen LogP contribution is 2.29. The summed E-state index contributed by atoms with van der Waals surface area (Å²) in [6, 6.07) is 8.10. The Labute approximate surface area is 130 Å². The van der Waals surface area contributed by atoms with Crippen LogP contribution >= 0.6 is 0 Å². The summed E-state index contributed by atoms with van der Waals surface area (Å²) in [6.45, 7) is 0. The molecule has 1 heterocycles. The maximum absolute atomic E-state index is 12.6. The second-order valence-electron chi connectivity index (χ2n) is 4.56. The average Bonchev–Trinajstić information content (AvgIpc) is 2.99. The third-order valence-corrected chi connectivity index (χ3v) is 2.77. The number of allylic oxidation sites excluding steroid dienone is 1. The normalized spacial score (nSPS) is 12.1. The number of nitrogens with one attached hydrogen (secondary N) is 1. The number of carbonyl (C=O) groups excluding carboxylic acids is 1. The third kappa shape index (κ3) is 5.46. The standard InChI is InChI=1S/C16H13F3N2O2/c17-16(18,19)13-5-1-4-12(10-13)11-15(22)21-20-8-2-6-14-7-3-9-23-14/h1-10H,11H2,(H,21,22)/b6-2+,20-8+. The van der Waals surface area contributed by atoms with Gasteiger partial charge in [0.2, 0.25) is 5.91 Å². The van der Waals surface area contributed by atoms with Crippen molar-refractivity contribution in [2.24, 2.45) is 5.10 Å². The Kier molecular flexibility index (Phi) is 5.35. The van der Waals surface area contributed by atoms with Crippen LogP contribution in [0.3, 0.4) is 0 Å². The minimum absolute atomic E-state index is 0.191. The van der Waals surface area contributed by atoms with Crippen LogP contribution in [0.2, 0.25) is 0 Å². The van der Waals surface area contributed by atoms with Crippen LogP contribution in [-0.2, 0) is 17.4 Å². The van der Waals surface area contributed by atoms with E-state index in [-0.39, 0.29) is 12.0 Å². The van der Waals surface area contributed by atoms with Gasteiger partial charge in [-0.15, -0.1) is 0 Å². The van der Waals surface area contributed by atoms with Gasteiger partial charge in [0.15, 0.2) is 0 Å². The predicted molar refractivity (Wildman–Crippen MR) is 79.5 cm³/mol. The van der Waals surface area contributed by atoms with E-state index in [0.717, 1.165) is 12.1 Å². The van der Waals surface area contributed by atoms with Crippen molar-refractivity contribution in [2.45, 2.75) is 12.6 Å². The Balaban J connectivity index is 1.85. The highest BCUT2D eigenvalue weighted by molar-refractivity contribution is 5.82. The maximum Gasteiger partial charge on any atom is 0.416 e. The predicted octanol–water partition coefficient (Wildman–Crippen LogP) is 3.66. The molecule has 0 spiro atoms. The number of benzene rings is 1. The topological polar surface area (TPSA) is 54.6 Å². The molecule has 4 nitrogen and oxygen atoms in total. The van der Waals surface area contributed by atoms with Crippen LogP contribution in [0.1, 0.15) is 16.9 Å². The number of hydrogen-bond donors (Lipinski definition) is 1. The lowest BCUT2D eigenvalue weighted by Crippen LogP contribution is -2.19. The molecular formula is C16H13F3N2O2. The number of halogens is 3. The largest absolute Gasteiger partial charge is 0.465 e. The molecule has 120 valence electrons. The van der Waals surface area contributed by atoms with Crippen LogP contribution in [-0.4, -0.2) is 12.1 Å². The zero-order chi connectivity index (χ0) is 16.7. The number of carbonyl (C=O) groups is 1. The van der Waals surface area contributed by atoms with Crippen LogP contribution in [0, 0.1) is 0 Å². The molecule has 1 amide bonds. The van der Waals surface area contributed by atoms with Gasteiger partial charge in [-0.1, -0.05) is 18.2 Å². The number of amides is 1. The number of rotatable bonds is 5. The second kappa shape index (κ2) is 7.44. The fraction of sp³-hybridized carbons (Fsp3) is 0.125. The summed E-state index contributed by atoms with van der Waals surface area (Å²) >= 11 is 0. The molecule has 1 N–H and O–H groups in total. The number of alkyl halides is 3. The van der Waals surface area contributed by atoms with E-state index in [1.807, 2.05) is 0 Å². The first-order valence-electron chi connectivity index (χ1n) is 6.63. The minimum Gasteiger partial charge on any atom is -0.465 e. The van der Waals surface area contributed by atoms with Crippen LogP contribution < -0.4 is 5.43 Å². The average molecular weight is 322 g/mol. The summed E-state index contributed by atoms with van der Waals surface area (Å²) in [4.78, 5) is 11.6. The molecule has 0 atom stereocenters. The summed E-state index contributed by atoms with van der Waals surface area (Å²) in [7, 11) is 0. The molecule has 0 bridgehead atoms. The zero-order valence-corrected chi connectivity index (χ0v) is 11.9. The van der Waals surface area contributed by atoms with E-state index in [2.05, 4.69) is 10.5 Å². The van der Waals surface area contributed by atoms with Gasteiger partial charge in [0.25, 0.3) is 0 Å². The van der Waals surface area contributed by atoms with Gasteiger partial charge in [0, 0.05) is 6.21 Å². The van der Waals surface area contributed by atoms with Gasteiger partial charge in [0.1, 0.15) is 5.76 Å².